The van der Waals surface area contributed by atoms with Crippen molar-refractivity contribution in [1.29, 1.82) is 0 Å². The molecule has 7 nitrogen and oxygen atoms in total. The number of nitrogens with zero attached hydrogens (tertiary/aromatic N) is 2. The number of aromatic carboxylic acids is 1. The predicted molar refractivity (Wildman–Crippen MR) is 116 cm³/mol. The van der Waals surface area contributed by atoms with Crippen LogP contribution in [0.25, 0.3) is 11.3 Å². The van der Waals surface area contributed by atoms with Gasteiger partial charge in [0.25, 0.3) is 5.92 Å². The number of rotatable bonds is 5. The second kappa shape index (κ2) is 9.12. The first-order chi connectivity index (χ1) is 16.2. The van der Waals surface area contributed by atoms with Crippen molar-refractivity contribution in [3.63, 3.8) is 0 Å². The molecular weight excluding hydrogens is 451 g/mol. The maximum atomic E-state index is 14.9. The molecule has 1 aromatic heterocycles. The number of nitrogens with two attached hydrogens (primary N) is 1. The lowest BCUT2D eigenvalue weighted by atomic mass is 9.82. The van der Waals surface area contributed by atoms with Crippen molar-refractivity contribution in [1.82, 2.24) is 9.97 Å². The highest BCUT2D eigenvalue weighted by Gasteiger charge is 2.48. The first kappa shape index (κ1) is 23.2. The molecule has 0 aliphatic heterocycles. The zero-order valence-electron chi connectivity index (χ0n) is 17.7. The molecular formula is C24H20F3N3O4. The van der Waals surface area contributed by atoms with Gasteiger partial charge in [-0.1, -0.05) is 24.3 Å². The normalized spacial score (nSPS) is 19.4. The number of ether oxygens (including phenoxy) is 1. The topological polar surface area (TPSA) is 115 Å². The molecule has 3 aromatic rings. The summed E-state index contributed by atoms with van der Waals surface area (Å²) in [5.41, 5.74) is 6.01. The van der Waals surface area contributed by atoms with Gasteiger partial charge in [0.2, 0.25) is 0 Å². The van der Waals surface area contributed by atoms with Crippen LogP contribution in [0, 0.1) is 5.82 Å². The van der Waals surface area contributed by atoms with Crippen LogP contribution in [0.2, 0.25) is 0 Å². The van der Waals surface area contributed by atoms with Gasteiger partial charge in [0.05, 0.1) is 23.0 Å². The van der Waals surface area contributed by atoms with Crippen LogP contribution in [0.4, 0.5) is 19.0 Å². The zero-order chi connectivity index (χ0) is 24.5. The fraction of sp³-hybridized carbons (Fsp3) is 0.250. The third-order valence-electron chi connectivity index (χ3n) is 5.74. The van der Waals surface area contributed by atoms with E-state index in [0.717, 1.165) is 12.1 Å². The van der Waals surface area contributed by atoms with Gasteiger partial charge >= 0.3 is 11.9 Å². The molecule has 0 spiro atoms. The quantitative estimate of drug-likeness (QED) is 0.519. The van der Waals surface area contributed by atoms with Gasteiger partial charge in [-0.25, -0.2) is 32.7 Å². The largest absolute Gasteiger partial charge is 0.478 e. The Morgan fingerprint density at radius 2 is 1.85 bits per heavy atom. The van der Waals surface area contributed by atoms with Crippen molar-refractivity contribution in [2.45, 2.75) is 37.2 Å². The summed E-state index contributed by atoms with van der Waals surface area (Å²) < 4.78 is 49.0. The number of carboxylic acids is 1. The Kier molecular flexibility index (Phi) is 6.23. The molecule has 1 fully saturated rings. The Bertz CT molecular complexity index is 1240. The van der Waals surface area contributed by atoms with Crippen LogP contribution in [0.1, 0.15) is 51.6 Å². The number of hydrogen-bond acceptors (Lipinski definition) is 6. The van der Waals surface area contributed by atoms with E-state index in [1.165, 1.54) is 24.4 Å². The minimum absolute atomic E-state index is 0.0523. The Hall–Kier alpha value is -3.95. The van der Waals surface area contributed by atoms with Gasteiger partial charge in [-0.15, -0.1) is 0 Å². The smallest absolute Gasteiger partial charge is 0.338 e. The number of carboxylic acid groups (broad SMARTS) is 1. The molecule has 2 aromatic carbocycles. The molecule has 176 valence electrons. The van der Waals surface area contributed by atoms with Crippen LogP contribution in [-0.2, 0) is 4.74 Å². The van der Waals surface area contributed by atoms with E-state index < -0.39 is 47.7 Å². The van der Waals surface area contributed by atoms with E-state index >= 15 is 0 Å². The van der Waals surface area contributed by atoms with Crippen molar-refractivity contribution >= 4 is 17.8 Å². The van der Waals surface area contributed by atoms with E-state index in [0.29, 0.717) is 0 Å². The Labute approximate surface area is 192 Å². The average Bonchev–Trinajstić information content (AvgIpc) is 2.80. The number of alkyl halides is 2. The summed E-state index contributed by atoms with van der Waals surface area (Å²) >= 11 is 0. The van der Waals surface area contributed by atoms with Gasteiger partial charge in [0.1, 0.15) is 17.3 Å². The molecule has 0 unspecified atom stereocenters. The maximum Gasteiger partial charge on any atom is 0.338 e. The summed E-state index contributed by atoms with van der Waals surface area (Å²) in [4.78, 5) is 31.6. The van der Waals surface area contributed by atoms with Gasteiger partial charge in [0.15, 0.2) is 6.10 Å². The van der Waals surface area contributed by atoms with Crippen LogP contribution in [0.15, 0.2) is 54.7 Å². The monoisotopic (exact) mass is 471 g/mol. The van der Waals surface area contributed by atoms with Crippen molar-refractivity contribution in [3.05, 3.63) is 77.4 Å². The summed E-state index contributed by atoms with van der Waals surface area (Å²) in [6.45, 7) is 0. The van der Waals surface area contributed by atoms with E-state index in [9.17, 15) is 22.8 Å². The highest BCUT2D eigenvalue weighted by Crippen LogP contribution is 2.43. The first-order valence-electron chi connectivity index (χ1n) is 10.4. The lowest BCUT2D eigenvalue weighted by Gasteiger charge is -2.35. The van der Waals surface area contributed by atoms with Crippen molar-refractivity contribution in [2.75, 3.05) is 5.73 Å². The SMILES string of the molecule is Nc1ncc([C@H]2CC[C@H](OC(=O)c3ccccc3)C(F)(F)C2)nc1-c1ccc(C(=O)O)c(F)c1. The number of carbonyl (C=O) groups is 2. The Morgan fingerprint density at radius 1 is 1.12 bits per heavy atom. The Balaban J connectivity index is 1.53. The highest BCUT2D eigenvalue weighted by atomic mass is 19.3. The lowest BCUT2D eigenvalue weighted by molar-refractivity contribution is -0.140. The van der Waals surface area contributed by atoms with Crippen LogP contribution < -0.4 is 5.73 Å². The molecule has 3 N–H and O–H groups in total. The molecule has 0 saturated heterocycles. The summed E-state index contributed by atoms with van der Waals surface area (Å²) in [6, 6.07) is 11.3. The summed E-state index contributed by atoms with van der Waals surface area (Å²) in [6.07, 6.45) is -0.732. The molecule has 34 heavy (non-hydrogen) atoms. The van der Waals surface area contributed by atoms with Crippen molar-refractivity contribution in [2.24, 2.45) is 0 Å². The fourth-order valence-electron chi connectivity index (χ4n) is 3.95. The summed E-state index contributed by atoms with van der Waals surface area (Å²) in [7, 11) is 0. The third kappa shape index (κ3) is 4.70. The average molecular weight is 471 g/mol. The number of hydrogen-bond donors (Lipinski definition) is 2. The minimum Gasteiger partial charge on any atom is -0.478 e. The molecule has 1 saturated carbocycles. The standard InChI is InChI=1S/C24H20F3N3O4/c25-17-10-14(6-8-16(17)22(31)32)20-21(28)29-12-18(30-20)15-7-9-19(24(26,27)11-15)34-23(33)13-4-2-1-3-5-13/h1-6,8,10,12,15,19H,7,9,11H2,(H2,28,29)(H,31,32)/t15-,19-/m0/s1. The molecule has 4 rings (SSSR count). The highest BCUT2D eigenvalue weighted by molar-refractivity contribution is 5.89. The lowest BCUT2D eigenvalue weighted by Crippen LogP contribution is -2.42. The molecule has 2 atom stereocenters. The van der Waals surface area contributed by atoms with E-state index in [-0.39, 0.29) is 41.2 Å². The summed E-state index contributed by atoms with van der Waals surface area (Å²) in [5, 5.41) is 8.99. The number of nitrogen functional groups attached to an aromatic ring is 1. The first-order valence-corrected chi connectivity index (χ1v) is 10.4. The molecule has 10 heteroatoms. The summed E-state index contributed by atoms with van der Waals surface area (Å²) in [5.74, 6) is -7.27. The van der Waals surface area contributed by atoms with Gasteiger partial charge in [-0.2, -0.15) is 0 Å². The van der Waals surface area contributed by atoms with Crippen molar-refractivity contribution in [3.8, 4) is 11.3 Å². The number of anilines is 1. The number of benzene rings is 2. The van der Waals surface area contributed by atoms with Crippen molar-refractivity contribution < 1.29 is 32.6 Å². The number of esters is 1. The molecule has 0 bridgehead atoms. The third-order valence-corrected chi connectivity index (χ3v) is 5.74. The number of carbonyl (C=O) groups excluding carboxylic acids is 1. The van der Waals surface area contributed by atoms with Gasteiger partial charge < -0.3 is 15.6 Å². The van der Waals surface area contributed by atoms with Crippen LogP contribution in [0.5, 0.6) is 0 Å². The van der Waals surface area contributed by atoms with Crippen LogP contribution in [0.3, 0.4) is 0 Å². The minimum atomic E-state index is -3.30. The van der Waals surface area contributed by atoms with E-state index in [4.69, 9.17) is 15.6 Å². The molecule has 1 aliphatic rings. The molecule has 1 heterocycles. The number of aromatic nitrogens is 2. The second-order valence-electron chi connectivity index (χ2n) is 8.03. The van der Waals surface area contributed by atoms with Gasteiger partial charge in [-0.05, 0) is 37.1 Å². The molecule has 0 radical (unpaired) electrons. The van der Waals surface area contributed by atoms with E-state index in [2.05, 4.69) is 9.97 Å². The van der Waals surface area contributed by atoms with E-state index in [1.54, 1.807) is 18.2 Å². The number of halogens is 3. The fourth-order valence-corrected chi connectivity index (χ4v) is 3.95. The maximum absolute atomic E-state index is 14.9. The predicted octanol–water partition coefficient (Wildman–Crippen LogP) is 4.69. The Morgan fingerprint density at radius 3 is 2.50 bits per heavy atom. The second-order valence-corrected chi connectivity index (χ2v) is 8.03. The van der Waals surface area contributed by atoms with Gasteiger partial charge in [-0.3, -0.25) is 0 Å². The molecule has 0 amide bonds. The van der Waals surface area contributed by atoms with Gasteiger partial charge in [0, 0.05) is 17.9 Å². The van der Waals surface area contributed by atoms with Crippen LogP contribution in [-0.4, -0.2) is 39.0 Å². The van der Waals surface area contributed by atoms with E-state index in [1.807, 2.05) is 0 Å². The molecule has 1 aliphatic carbocycles. The van der Waals surface area contributed by atoms with Crippen LogP contribution >= 0.6 is 0 Å². The zero-order valence-corrected chi connectivity index (χ0v) is 17.7.